The number of rotatable bonds is 11. The van der Waals surface area contributed by atoms with Crippen molar-refractivity contribution in [1.82, 2.24) is 9.80 Å². The monoisotopic (exact) mass is 552 g/mol. The quantitative estimate of drug-likeness (QED) is 0.350. The van der Waals surface area contributed by atoms with Gasteiger partial charge in [0.15, 0.2) is 18.1 Å². The van der Waals surface area contributed by atoms with Gasteiger partial charge >= 0.3 is 0 Å². The standard InChI is InChI=1S/C30H33ClN2O6/c1-32(19-23-8-4-3-5-9-23)28(34)18-30(22-38-25-14-12-24(31)13-15-25)21-33(16-17-39-30)29(35)20-37-27-11-7-6-10-26(27)36-2/h3-15H,16-22H2,1-2H3/t30-/m1/s1. The van der Waals surface area contributed by atoms with Crippen molar-refractivity contribution in [1.29, 1.82) is 0 Å². The highest BCUT2D eigenvalue weighted by molar-refractivity contribution is 6.30. The molecule has 0 radical (unpaired) electrons. The van der Waals surface area contributed by atoms with Gasteiger partial charge < -0.3 is 28.7 Å². The summed E-state index contributed by atoms with van der Waals surface area (Å²) in [6, 6.07) is 23.9. The fourth-order valence-electron chi connectivity index (χ4n) is 4.37. The molecular weight excluding hydrogens is 520 g/mol. The number of halogens is 1. The molecule has 3 aromatic rings. The van der Waals surface area contributed by atoms with Gasteiger partial charge in [0.2, 0.25) is 5.91 Å². The maximum Gasteiger partial charge on any atom is 0.260 e. The highest BCUT2D eigenvalue weighted by Crippen LogP contribution is 2.28. The molecule has 9 heteroatoms. The van der Waals surface area contributed by atoms with Gasteiger partial charge in [0.05, 0.1) is 26.7 Å². The van der Waals surface area contributed by atoms with Crippen LogP contribution in [-0.2, 0) is 20.9 Å². The summed E-state index contributed by atoms with van der Waals surface area (Å²) >= 11 is 6.01. The Kier molecular flexibility index (Phi) is 9.68. The van der Waals surface area contributed by atoms with Gasteiger partial charge in [0, 0.05) is 25.2 Å². The zero-order valence-electron chi connectivity index (χ0n) is 22.2. The molecular formula is C30H33ClN2O6. The number of hydrogen-bond acceptors (Lipinski definition) is 6. The van der Waals surface area contributed by atoms with Crippen molar-refractivity contribution in [2.75, 3.05) is 47.1 Å². The summed E-state index contributed by atoms with van der Waals surface area (Å²) in [5.41, 5.74) is -0.0188. The summed E-state index contributed by atoms with van der Waals surface area (Å²) in [4.78, 5) is 29.9. The molecule has 0 N–H and O–H groups in total. The number of carbonyl (C=O) groups excluding carboxylic acids is 2. The molecule has 1 atom stereocenters. The lowest BCUT2D eigenvalue weighted by Crippen LogP contribution is -2.58. The molecule has 0 bridgehead atoms. The minimum Gasteiger partial charge on any atom is -0.493 e. The number of amides is 2. The number of nitrogens with zero attached hydrogens (tertiary/aromatic N) is 2. The highest BCUT2D eigenvalue weighted by Gasteiger charge is 2.42. The summed E-state index contributed by atoms with van der Waals surface area (Å²) in [5.74, 6) is 1.29. The predicted octanol–water partition coefficient (Wildman–Crippen LogP) is 4.45. The van der Waals surface area contributed by atoms with Gasteiger partial charge in [-0.25, -0.2) is 0 Å². The first kappa shape index (κ1) is 28.3. The van der Waals surface area contributed by atoms with Gasteiger partial charge in [-0.05, 0) is 42.0 Å². The van der Waals surface area contributed by atoms with Gasteiger partial charge in [0.1, 0.15) is 18.0 Å². The first-order valence-corrected chi connectivity index (χ1v) is 13.1. The lowest BCUT2D eigenvalue weighted by molar-refractivity contribution is -0.166. The van der Waals surface area contributed by atoms with Crippen LogP contribution >= 0.6 is 11.6 Å². The molecule has 4 rings (SSSR count). The van der Waals surface area contributed by atoms with E-state index in [1.807, 2.05) is 42.5 Å². The van der Waals surface area contributed by atoms with E-state index in [9.17, 15) is 9.59 Å². The molecule has 1 aliphatic rings. The van der Waals surface area contributed by atoms with E-state index < -0.39 is 5.60 Å². The van der Waals surface area contributed by atoms with E-state index in [0.29, 0.717) is 35.4 Å². The van der Waals surface area contributed by atoms with Crippen molar-refractivity contribution < 1.29 is 28.5 Å². The van der Waals surface area contributed by atoms with E-state index in [2.05, 4.69) is 0 Å². The number of para-hydroxylation sites is 2. The highest BCUT2D eigenvalue weighted by atomic mass is 35.5. The van der Waals surface area contributed by atoms with Crippen LogP contribution in [0.25, 0.3) is 0 Å². The Morgan fingerprint density at radius 2 is 1.67 bits per heavy atom. The molecule has 3 aromatic carbocycles. The number of morpholine rings is 1. The average molecular weight is 553 g/mol. The van der Waals surface area contributed by atoms with Gasteiger partial charge in [0.25, 0.3) is 5.91 Å². The second-order valence-corrected chi connectivity index (χ2v) is 9.88. The first-order chi connectivity index (χ1) is 18.9. The average Bonchev–Trinajstić information content (AvgIpc) is 2.96. The Bertz CT molecular complexity index is 1240. The van der Waals surface area contributed by atoms with Gasteiger partial charge in [-0.1, -0.05) is 54.1 Å². The third-order valence-electron chi connectivity index (χ3n) is 6.50. The lowest BCUT2D eigenvalue weighted by atomic mass is 9.96. The van der Waals surface area contributed by atoms with E-state index in [1.54, 1.807) is 60.4 Å². The van der Waals surface area contributed by atoms with Crippen LogP contribution in [0.3, 0.4) is 0 Å². The van der Waals surface area contributed by atoms with Crippen molar-refractivity contribution in [3.63, 3.8) is 0 Å². The second kappa shape index (κ2) is 13.4. The first-order valence-electron chi connectivity index (χ1n) is 12.7. The zero-order valence-corrected chi connectivity index (χ0v) is 22.9. The molecule has 0 aromatic heterocycles. The molecule has 1 heterocycles. The minimum absolute atomic E-state index is 0.0427. The van der Waals surface area contributed by atoms with Gasteiger partial charge in [-0.2, -0.15) is 0 Å². The summed E-state index contributed by atoms with van der Waals surface area (Å²) < 4.78 is 23.3. The Morgan fingerprint density at radius 1 is 0.974 bits per heavy atom. The van der Waals surface area contributed by atoms with E-state index in [-0.39, 0.29) is 44.6 Å². The molecule has 1 fully saturated rings. The van der Waals surface area contributed by atoms with Gasteiger partial charge in [-0.15, -0.1) is 0 Å². The summed E-state index contributed by atoms with van der Waals surface area (Å²) in [7, 11) is 3.31. The van der Waals surface area contributed by atoms with E-state index >= 15 is 0 Å². The van der Waals surface area contributed by atoms with E-state index in [0.717, 1.165) is 5.56 Å². The number of benzene rings is 3. The van der Waals surface area contributed by atoms with E-state index in [4.69, 9.17) is 30.5 Å². The number of methoxy groups -OCH3 is 1. The van der Waals surface area contributed by atoms with Crippen LogP contribution in [0.1, 0.15) is 12.0 Å². The number of hydrogen-bond donors (Lipinski definition) is 0. The normalized spacial score (nSPS) is 16.8. The lowest BCUT2D eigenvalue weighted by Gasteiger charge is -2.42. The minimum atomic E-state index is -1.04. The number of carbonyl (C=O) groups is 2. The maximum absolute atomic E-state index is 13.4. The van der Waals surface area contributed by atoms with E-state index in [1.165, 1.54) is 0 Å². The van der Waals surface area contributed by atoms with Crippen molar-refractivity contribution in [2.24, 2.45) is 0 Å². The van der Waals surface area contributed by atoms with Crippen LogP contribution in [0.4, 0.5) is 0 Å². The van der Waals surface area contributed by atoms with Crippen molar-refractivity contribution >= 4 is 23.4 Å². The van der Waals surface area contributed by atoms with Crippen LogP contribution in [0.2, 0.25) is 5.02 Å². The zero-order chi connectivity index (χ0) is 27.7. The molecule has 39 heavy (non-hydrogen) atoms. The Hall–Kier alpha value is -3.75. The molecule has 0 aliphatic carbocycles. The molecule has 206 valence electrons. The topological polar surface area (TPSA) is 77.5 Å². The second-order valence-electron chi connectivity index (χ2n) is 9.44. The maximum atomic E-state index is 13.4. The van der Waals surface area contributed by atoms with Crippen LogP contribution in [0.15, 0.2) is 78.9 Å². The predicted molar refractivity (Wildman–Crippen MR) is 148 cm³/mol. The Morgan fingerprint density at radius 3 is 2.38 bits per heavy atom. The van der Waals surface area contributed by atoms with Crippen molar-refractivity contribution in [3.05, 3.63) is 89.4 Å². The summed E-state index contributed by atoms with van der Waals surface area (Å²) in [6.07, 6.45) is 0.0427. The summed E-state index contributed by atoms with van der Waals surface area (Å²) in [5, 5.41) is 0.593. The van der Waals surface area contributed by atoms with Crippen molar-refractivity contribution in [2.45, 2.75) is 18.6 Å². The molecule has 2 amide bonds. The molecule has 1 aliphatic heterocycles. The molecule has 0 unspecified atom stereocenters. The van der Waals surface area contributed by atoms with Crippen LogP contribution in [0, 0.1) is 0 Å². The number of ether oxygens (including phenoxy) is 4. The Labute approximate surface area is 234 Å². The molecule has 0 saturated carbocycles. The largest absolute Gasteiger partial charge is 0.493 e. The van der Waals surface area contributed by atoms with Crippen LogP contribution in [-0.4, -0.2) is 74.3 Å². The molecule has 8 nitrogen and oxygen atoms in total. The van der Waals surface area contributed by atoms with Gasteiger partial charge in [-0.3, -0.25) is 9.59 Å². The fourth-order valence-corrected chi connectivity index (χ4v) is 4.50. The SMILES string of the molecule is COc1ccccc1OCC(=O)N1CCO[C@](COc2ccc(Cl)cc2)(CC(=O)N(C)Cc2ccccc2)C1. The third-order valence-corrected chi connectivity index (χ3v) is 6.75. The fraction of sp³-hybridized carbons (Fsp3) is 0.333. The molecule has 0 spiro atoms. The smallest absolute Gasteiger partial charge is 0.260 e. The van der Waals surface area contributed by atoms with Crippen LogP contribution in [0.5, 0.6) is 17.2 Å². The van der Waals surface area contributed by atoms with Crippen LogP contribution < -0.4 is 14.2 Å². The van der Waals surface area contributed by atoms with Crippen molar-refractivity contribution in [3.8, 4) is 17.2 Å². The summed E-state index contributed by atoms with van der Waals surface area (Å²) in [6.45, 7) is 1.20. The third kappa shape index (κ3) is 7.88. The Balaban J connectivity index is 1.46. The molecule has 1 saturated heterocycles.